The van der Waals surface area contributed by atoms with Crippen LogP contribution in [-0.2, 0) is 4.79 Å². The normalized spacial score (nSPS) is 17.6. The van der Waals surface area contributed by atoms with E-state index in [1.165, 1.54) is 11.6 Å². The highest BCUT2D eigenvalue weighted by molar-refractivity contribution is 6.53. The Labute approximate surface area is 275 Å². The number of hydrogen-bond donors (Lipinski definition) is 3. The molecule has 4 aromatic carbocycles. The lowest BCUT2D eigenvalue weighted by Crippen LogP contribution is -2.18. The van der Waals surface area contributed by atoms with Crippen molar-refractivity contribution in [2.75, 3.05) is 22.5 Å². The van der Waals surface area contributed by atoms with Crippen molar-refractivity contribution < 1.29 is 9.59 Å². The maximum Gasteiger partial charge on any atom is 0.257 e. The Kier molecular flexibility index (Phi) is 9.50. The van der Waals surface area contributed by atoms with Gasteiger partial charge in [0.1, 0.15) is 4.33 Å². The summed E-state index contributed by atoms with van der Waals surface area (Å²) in [7, 11) is 0. The summed E-state index contributed by atoms with van der Waals surface area (Å²) in [4.78, 5) is 26.4. The third-order valence-electron chi connectivity index (χ3n) is 7.51. The van der Waals surface area contributed by atoms with Gasteiger partial charge >= 0.3 is 0 Å². The van der Waals surface area contributed by atoms with Gasteiger partial charge in [-0.05, 0) is 84.1 Å². The van der Waals surface area contributed by atoms with Crippen LogP contribution in [0, 0.1) is 12.8 Å². The number of rotatable bonds is 9. The van der Waals surface area contributed by atoms with Gasteiger partial charge in [0.25, 0.3) is 5.91 Å². The highest BCUT2D eigenvalue weighted by atomic mass is 35.5. The number of carbonyl (C=O) groups is 2. The van der Waals surface area contributed by atoms with Crippen LogP contribution in [0.4, 0.5) is 17.1 Å². The van der Waals surface area contributed by atoms with E-state index < -0.39 is 28.0 Å². The number of nitrogens with one attached hydrogen (secondary N) is 3. The molecular weight excluding hydrogens is 648 g/mol. The Hall–Kier alpha value is -2.93. The molecular formula is C33H28Cl5N3O2. The Balaban J connectivity index is 1.23. The number of alkyl halides is 2. The van der Waals surface area contributed by atoms with Crippen molar-refractivity contribution in [2.45, 2.75) is 30.0 Å². The van der Waals surface area contributed by atoms with Gasteiger partial charge in [0.2, 0.25) is 5.91 Å². The third-order valence-corrected chi connectivity index (χ3v) is 9.22. The monoisotopic (exact) mass is 673 g/mol. The van der Waals surface area contributed by atoms with Crippen LogP contribution >= 0.6 is 58.0 Å². The van der Waals surface area contributed by atoms with Crippen molar-refractivity contribution in [3.63, 3.8) is 0 Å². The molecule has 0 heterocycles. The van der Waals surface area contributed by atoms with E-state index in [4.69, 9.17) is 58.0 Å². The van der Waals surface area contributed by atoms with Gasteiger partial charge in [-0.3, -0.25) is 9.59 Å². The zero-order chi connectivity index (χ0) is 30.9. The molecule has 4 aromatic rings. The van der Waals surface area contributed by atoms with Gasteiger partial charge in [-0.15, -0.1) is 23.2 Å². The first-order valence-corrected chi connectivity index (χ1v) is 15.5. The number of anilines is 3. The van der Waals surface area contributed by atoms with Crippen molar-refractivity contribution in [3.05, 3.63) is 122 Å². The molecule has 0 aliphatic heterocycles. The van der Waals surface area contributed by atoms with Crippen LogP contribution in [0.15, 0.2) is 84.9 Å². The molecule has 10 heteroatoms. The lowest BCUT2D eigenvalue weighted by atomic mass is 10.0. The molecule has 0 radical (unpaired) electrons. The summed E-state index contributed by atoms with van der Waals surface area (Å²) < 4.78 is -1.33. The number of halogens is 5. The second-order valence-corrected chi connectivity index (χ2v) is 13.4. The molecule has 0 aromatic heterocycles. The summed E-state index contributed by atoms with van der Waals surface area (Å²) in [5.41, 5.74) is 4.99. The number of aryl methyl sites for hydroxylation is 1. The zero-order valence-corrected chi connectivity index (χ0v) is 27.0. The SMILES string of the molecule is Cc1cc(NCC(C)c2ccccc2)ccc1NC(=O)c1cc(NC(=O)C2C(c3cc(Cl)cc(Cl)c3)C2(Cl)Cl)ccc1Cl. The summed E-state index contributed by atoms with van der Waals surface area (Å²) in [5.74, 6) is -1.72. The molecule has 1 aliphatic rings. The Morgan fingerprint density at radius 1 is 0.837 bits per heavy atom. The number of amides is 2. The number of hydrogen-bond acceptors (Lipinski definition) is 3. The maximum absolute atomic E-state index is 13.2. The van der Waals surface area contributed by atoms with Crippen molar-refractivity contribution in [3.8, 4) is 0 Å². The number of carbonyl (C=O) groups excluding carboxylic acids is 2. The highest BCUT2D eigenvalue weighted by Gasteiger charge is 2.67. The molecule has 0 spiro atoms. The Morgan fingerprint density at radius 2 is 1.51 bits per heavy atom. The number of benzene rings is 4. The van der Waals surface area contributed by atoms with Crippen molar-refractivity contribution in [1.82, 2.24) is 0 Å². The lowest BCUT2D eigenvalue weighted by Gasteiger charge is -2.16. The van der Waals surface area contributed by atoms with E-state index in [2.05, 4.69) is 35.0 Å². The summed E-state index contributed by atoms with van der Waals surface area (Å²) in [6.07, 6.45) is 0. The van der Waals surface area contributed by atoms with E-state index in [0.717, 1.165) is 17.8 Å². The smallest absolute Gasteiger partial charge is 0.257 e. The predicted octanol–water partition coefficient (Wildman–Crippen LogP) is 9.95. The fourth-order valence-electron chi connectivity index (χ4n) is 5.09. The molecule has 1 fully saturated rings. The standard InChI is InChI=1S/C33H28Cl5N3O2/c1-18-12-24(39-17-19(2)20-6-4-3-5-7-20)9-11-28(18)41-31(42)26-16-25(8-10-27(26)36)40-32(43)30-29(33(30,37)38)21-13-22(34)15-23(35)14-21/h3-16,19,29-30,39H,17H2,1-2H3,(H,40,43)(H,41,42). The van der Waals surface area contributed by atoms with Crippen molar-refractivity contribution >= 4 is 86.9 Å². The Morgan fingerprint density at radius 3 is 2.19 bits per heavy atom. The van der Waals surface area contributed by atoms with E-state index >= 15 is 0 Å². The fourth-order valence-corrected chi connectivity index (χ4v) is 6.67. The molecule has 3 N–H and O–H groups in total. The van der Waals surface area contributed by atoms with Crippen LogP contribution in [-0.4, -0.2) is 22.7 Å². The topological polar surface area (TPSA) is 70.2 Å². The molecule has 222 valence electrons. The second kappa shape index (κ2) is 13.0. The zero-order valence-electron chi connectivity index (χ0n) is 23.2. The molecule has 5 nitrogen and oxygen atoms in total. The molecule has 0 bridgehead atoms. The minimum Gasteiger partial charge on any atom is -0.384 e. The van der Waals surface area contributed by atoms with Crippen molar-refractivity contribution in [2.24, 2.45) is 5.92 Å². The van der Waals surface area contributed by atoms with Gasteiger partial charge in [0.05, 0.1) is 16.5 Å². The quantitative estimate of drug-likeness (QED) is 0.155. The van der Waals surface area contributed by atoms with Gasteiger partial charge in [0.15, 0.2) is 0 Å². The van der Waals surface area contributed by atoms with Gasteiger partial charge in [-0.2, -0.15) is 0 Å². The largest absolute Gasteiger partial charge is 0.384 e. The van der Waals surface area contributed by atoms with Crippen LogP contribution in [0.2, 0.25) is 15.1 Å². The van der Waals surface area contributed by atoms with Crippen LogP contribution in [0.5, 0.6) is 0 Å². The summed E-state index contributed by atoms with van der Waals surface area (Å²) in [5, 5.41) is 10.3. The summed E-state index contributed by atoms with van der Waals surface area (Å²) >= 11 is 31.6. The third kappa shape index (κ3) is 7.25. The average Bonchev–Trinajstić information content (AvgIpc) is 3.55. The van der Waals surface area contributed by atoms with E-state index in [9.17, 15) is 9.59 Å². The van der Waals surface area contributed by atoms with Crippen LogP contribution < -0.4 is 16.0 Å². The fraction of sp³-hybridized carbons (Fsp3) is 0.212. The molecule has 1 saturated carbocycles. The van der Waals surface area contributed by atoms with Crippen molar-refractivity contribution in [1.29, 1.82) is 0 Å². The average molecular weight is 676 g/mol. The van der Waals surface area contributed by atoms with E-state index in [0.29, 0.717) is 32.9 Å². The van der Waals surface area contributed by atoms with Crippen LogP contribution in [0.3, 0.4) is 0 Å². The lowest BCUT2D eigenvalue weighted by molar-refractivity contribution is -0.117. The maximum atomic E-state index is 13.2. The second-order valence-electron chi connectivity index (χ2n) is 10.7. The summed E-state index contributed by atoms with van der Waals surface area (Å²) in [6.45, 7) is 4.86. The summed E-state index contributed by atoms with van der Waals surface area (Å²) in [6, 6.07) is 25.7. The first-order chi connectivity index (χ1) is 20.4. The van der Waals surface area contributed by atoms with Gasteiger partial charge in [-0.1, -0.05) is 72.1 Å². The first kappa shape index (κ1) is 31.5. The van der Waals surface area contributed by atoms with Gasteiger partial charge in [0, 0.05) is 39.6 Å². The van der Waals surface area contributed by atoms with Crippen LogP contribution in [0.25, 0.3) is 0 Å². The Bertz CT molecular complexity index is 1660. The molecule has 43 heavy (non-hydrogen) atoms. The van der Waals surface area contributed by atoms with E-state index in [1.807, 2.05) is 43.3 Å². The highest BCUT2D eigenvalue weighted by Crippen LogP contribution is 2.65. The predicted molar refractivity (Wildman–Crippen MR) is 180 cm³/mol. The van der Waals surface area contributed by atoms with Gasteiger partial charge in [-0.25, -0.2) is 0 Å². The molecule has 2 amide bonds. The van der Waals surface area contributed by atoms with Crippen LogP contribution in [0.1, 0.15) is 45.8 Å². The first-order valence-electron chi connectivity index (χ1n) is 13.6. The minimum absolute atomic E-state index is 0.203. The van der Waals surface area contributed by atoms with Gasteiger partial charge < -0.3 is 16.0 Å². The molecule has 3 atom stereocenters. The minimum atomic E-state index is -1.33. The van der Waals surface area contributed by atoms with E-state index in [1.54, 1.807) is 30.3 Å². The molecule has 0 saturated heterocycles. The molecule has 1 aliphatic carbocycles. The molecule has 5 rings (SSSR count). The molecule has 3 unspecified atom stereocenters. The van der Waals surface area contributed by atoms with E-state index in [-0.39, 0.29) is 10.6 Å².